The molecule has 1 aliphatic rings. The van der Waals surface area contributed by atoms with Crippen LogP contribution in [0.5, 0.6) is 0 Å². The molecule has 7 nitrogen and oxygen atoms in total. The van der Waals surface area contributed by atoms with E-state index in [4.69, 9.17) is 0 Å². The summed E-state index contributed by atoms with van der Waals surface area (Å²) in [7, 11) is 2.15. The van der Waals surface area contributed by atoms with Crippen molar-refractivity contribution in [2.45, 2.75) is 51.2 Å². The second-order valence-electron chi connectivity index (χ2n) is 7.08. The van der Waals surface area contributed by atoms with E-state index in [9.17, 15) is 14.4 Å². The fourth-order valence-electron chi connectivity index (χ4n) is 3.51. The maximum absolute atomic E-state index is 12.0. The first kappa shape index (κ1) is 18.9. The topological polar surface area (TPSA) is 87.2 Å². The molecule has 0 saturated heterocycles. The van der Waals surface area contributed by atoms with Gasteiger partial charge in [0.25, 0.3) is 5.56 Å². The van der Waals surface area contributed by atoms with Gasteiger partial charge in [0.05, 0.1) is 0 Å². The third-order valence-corrected chi connectivity index (χ3v) is 5.17. The summed E-state index contributed by atoms with van der Waals surface area (Å²) in [6.07, 6.45) is 7.76. The molecular weight excluding hydrogens is 344 g/mol. The van der Waals surface area contributed by atoms with E-state index < -0.39 is 11.2 Å². The Hall–Kier alpha value is -2.83. The van der Waals surface area contributed by atoms with E-state index in [0.717, 1.165) is 5.56 Å². The van der Waals surface area contributed by atoms with Gasteiger partial charge in [-0.05, 0) is 30.5 Å². The highest BCUT2D eigenvalue weighted by atomic mass is 16.2. The highest BCUT2D eigenvalue weighted by Gasteiger charge is 2.18. The van der Waals surface area contributed by atoms with Crippen molar-refractivity contribution in [2.75, 3.05) is 11.9 Å². The van der Waals surface area contributed by atoms with E-state index in [1.165, 1.54) is 54.6 Å². The number of hydrogen-bond donors (Lipinski definition) is 2. The normalized spacial score (nSPS) is 14.7. The number of carbonyl (C=O) groups excluding carboxylic acids is 1. The van der Waals surface area contributed by atoms with E-state index in [1.807, 2.05) is 12.1 Å². The Morgan fingerprint density at radius 3 is 2.52 bits per heavy atom. The predicted octanol–water partition coefficient (Wildman–Crippen LogP) is 1.62. The van der Waals surface area contributed by atoms with Crippen molar-refractivity contribution >= 4 is 11.6 Å². The Labute approximate surface area is 158 Å². The van der Waals surface area contributed by atoms with E-state index in [0.29, 0.717) is 12.6 Å². The minimum atomic E-state index is -0.590. The van der Waals surface area contributed by atoms with Crippen LogP contribution in [-0.4, -0.2) is 28.5 Å². The molecule has 0 aliphatic heterocycles. The van der Waals surface area contributed by atoms with Crippen molar-refractivity contribution in [3.8, 4) is 0 Å². The van der Waals surface area contributed by atoms with Gasteiger partial charge in [-0.15, -0.1) is 0 Å². The maximum atomic E-state index is 12.0. The molecule has 3 rings (SSSR count). The largest absolute Gasteiger partial charge is 0.372 e. The standard InChI is InChI=1S/C20H26N4O3/c1-23(16-5-3-2-4-6-16)17-9-7-15(8-10-17)13-21-19(26)14-24-12-11-18(25)22-20(24)27/h7-12,16H,2-6,13-14H2,1H3,(H,21,26)(H,22,25,27). The molecule has 2 N–H and O–H groups in total. The average molecular weight is 370 g/mol. The second kappa shape index (κ2) is 8.70. The van der Waals surface area contributed by atoms with Gasteiger partial charge in [-0.3, -0.25) is 19.1 Å². The summed E-state index contributed by atoms with van der Waals surface area (Å²) in [5, 5.41) is 2.80. The number of nitrogens with one attached hydrogen (secondary N) is 2. The van der Waals surface area contributed by atoms with Gasteiger partial charge in [0.2, 0.25) is 5.91 Å². The van der Waals surface area contributed by atoms with Crippen molar-refractivity contribution in [2.24, 2.45) is 0 Å². The lowest BCUT2D eigenvalue weighted by Gasteiger charge is -2.33. The molecule has 0 atom stereocenters. The molecule has 1 saturated carbocycles. The van der Waals surface area contributed by atoms with E-state index in [-0.39, 0.29) is 12.5 Å². The highest BCUT2D eigenvalue weighted by molar-refractivity contribution is 5.75. The molecule has 144 valence electrons. The van der Waals surface area contributed by atoms with Gasteiger partial charge in [0.15, 0.2) is 0 Å². The number of amides is 1. The molecule has 0 unspecified atom stereocenters. The van der Waals surface area contributed by atoms with Gasteiger partial charge < -0.3 is 10.2 Å². The lowest BCUT2D eigenvalue weighted by molar-refractivity contribution is -0.121. The van der Waals surface area contributed by atoms with E-state index in [2.05, 4.69) is 34.4 Å². The maximum Gasteiger partial charge on any atom is 0.328 e. The number of aromatic nitrogens is 2. The number of rotatable bonds is 6. The summed E-state index contributed by atoms with van der Waals surface area (Å²) < 4.78 is 1.17. The van der Waals surface area contributed by atoms with Crippen LogP contribution in [0.2, 0.25) is 0 Å². The SMILES string of the molecule is CN(c1ccc(CNC(=O)Cn2ccc(=O)[nH]c2=O)cc1)C1CCCCC1. The summed E-state index contributed by atoms with van der Waals surface area (Å²) in [4.78, 5) is 39.2. The Morgan fingerprint density at radius 1 is 1.15 bits per heavy atom. The van der Waals surface area contributed by atoms with Gasteiger partial charge in [0, 0.05) is 37.6 Å². The van der Waals surface area contributed by atoms with Crippen LogP contribution >= 0.6 is 0 Å². The number of nitrogens with zero attached hydrogens (tertiary/aromatic N) is 2. The summed E-state index contributed by atoms with van der Waals surface area (Å²) in [6, 6.07) is 10.0. The van der Waals surface area contributed by atoms with Crippen molar-refractivity contribution in [1.82, 2.24) is 14.9 Å². The highest BCUT2D eigenvalue weighted by Crippen LogP contribution is 2.26. The molecular formula is C20H26N4O3. The smallest absolute Gasteiger partial charge is 0.328 e. The molecule has 0 bridgehead atoms. The first-order chi connectivity index (χ1) is 13.0. The Balaban J connectivity index is 1.52. The summed E-state index contributed by atoms with van der Waals surface area (Å²) in [5.74, 6) is -0.285. The minimum Gasteiger partial charge on any atom is -0.372 e. The molecule has 27 heavy (non-hydrogen) atoms. The van der Waals surface area contributed by atoms with E-state index in [1.54, 1.807) is 0 Å². The number of aromatic amines is 1. The van der Waals surface area contributed by atoms with E-state index >= 15 is 0 Å². The van der Waals surface area contributed by atoms with Crippen LogP contribution in [0.3, 0.4) is 0 Å². The first-order valence-electron chi connectivity index (χ1n) is 9.41. The lowest BCUT2D eigenvalue weighted by Crippen LogP contribution is -2.35. The number of carbonyl (C=O) groups is 1. The molecule has 1 fully saturated rings. The second-order valence-corrected chi connectivity index (χ2v) is 7.08. The molecule has 7 heteroatoms. The first-order valence-corrected chi connectivity index (χ1v) is 9.41. The molecule has 1 aliphatic carbocycles. The molecule has 1 aromatic carbocycles. The minimum absolute atomic E-state index is 0.127. The third-order valence-electron chi connectivity index (χ3n) is 5.17. The number of hydrogen-bond acceptors (Lipinski definition) is 4. The number of anilines is 1. The molecule has 1 amide bonds. The quantitative estimate of drug-likeness (QED) is 0.809. The Kier molecular flexibility index (Phi) is 6.11. The zero-order valence-electron chi connectivity index (χ0n) is 15.6. The summed E-state index contributed by atoms with van der Waals surface area (Å²) in [5.41, 5.74) is 1.12. The Morgan fingerprint density at radius 2 is 1.85 bits per heavy atom. The molecule has 1 aromatic heterocycles. The molecule has 0 spiro atoms. The van der Waals surface area contributed by atoms with Crippen molar-refractivity contribution in [3.05, 3.63) is 62.9 Å². The van der Waals surface area contributed by atoms with Crippen LogP contribution in [0, 0.1) is 0 Å². The van der Waals surface area contributed by atoms with Gasteiger partial charge in [-0.2, -0.15) is 0 Å². The predicted molar refractivity (Wildman–Crippen MR) is 105 cm³/mol. The lowest BCUT2D eigenvalue weighted by atomic mass is 9.94. The monoisotopic (exact) mass is 370 g/mol. The van der Waals surface area contributed by atoms with Crippen LogP contribution in [0.1, 0.15) is 37.7 Å². The molecule has 2 aromatic rings. The van der Waals surface area contributed by atoms with Crippen LogP contribution in [-0.2, 0) is 17.9 Å². The third kappa shape index (κ3) is 5.09. The van der Waals surface area contributed by atoms with Gasteiger partial charge in [-0.1, -0.05) is 31.4 Å². The Bertz CT molecular complexity index is 879. The fraction of sp³-hybridized carbons (Fsp3) is 0.450. The summed E-state index contributed by atoms with van der Waals surface area (Å²) >= 11 is 0. The molecule has 1 heterocycles. The van der Waals surface area contributed by atoms with Crippen molar-refractivity contribution in [3.63, 3.8) is 0 Å². The average Bonchev–Trinajstić information content (AvgIpc) is 2.69. The van der Waals surface area contributed by atoms with Crippen LogP contribution < -0.4 is 21.5 Å². The zero-order chi connectivity index (χ0) is 19.2. The molecule has 0 radical (unpaired) electrons. The van der Waals surface area contributed by atoms with Crippen LogP contribution in [0.4, 0.5) is 5.69 Å². The number of H-pyrrole nitrogens is 1. The number of benzene rings is 1. The van der Waals surface area contributed by atoms with Crippen LogP contribution in [0.15, 0.2) is 46.1 Å². The van der Waals surface area contributed by atoms with Gasteiger partial charge in [0.1, 0.15) is 6.54 Å². The van der Waals surface area contributed by atoms with Crippen LogP contribution in [0.25, 0.3) is 0 Å². The fourth-order valence-corrected chi connectivity index (χ4v) is 3.51. The van der Waals surface area contributed by atoms with Crippen molar-refractivity contribution < 1.29 is 4.79 Å². The van der Waals surface area contributed by atoms with Gasteiger partial charge >= 0.3 is 5.69 Å². The van der Waals surface area contributed by atoms with Gasteiger partial charge in [-0.25, -0.2) is 4.79 Å². The summed E-state index contributed by atoms with van der Waals surface area (Å²) in [6.45, 7) is 0.266. The zero-order valence-corrected chi connectivity index (χ0v) is 15.6. The van der Waals surface area contributed by atoms with Crippen molar-refractivity contribution in [1.29, 1.82) is 0 Å².